The first-order valence-electron chi connectivity index (χ1n) is 7.03. The monoisotopic (exact) mass is 226 g/mol. The van der Waals surface area contributed by atoms with E-state index in [1.807, 2.05) is 6.92 Å². The first kappa shape index (κ1) is 12.4. The molecule has 2 heteroatoms. The number of hydrogen-bond donors (Lipinski definition) is 1. The highest BCUT2D eigenvalue weighted by molar-refractivity contribution is 5.02. The maximum atomic E-state index is 10.7. The molecule has 2 aliphatic rings. The first-order valence-corrected chi connectivity index (χ1v) is 7.03. The lowest BCUT2D eigenvalue weighted by atomic mass is 9.60. The second-order valence-corrected chi connectivity index (χ2v) is 5.65. The van der Waals surface area contributed by atoms with E-state index in [2.05, 4.69) is 6.92 Å². The molecule has 2 fully saturated rings. The zero-order valence-corrected chi connectivity index (χ0v) is 10.7. The molecule has 2 saturated carbocycles. The minimum Gasteiger partial charge on any atom is -0.389 e. The molecule has 0 bridgehead atoms. The lowest BCUT2D eigenvalue weighted by molar-refractivity contribution is -0.182. The topological polar surface area (TPSA) is 29.5 Å². The molecule has 16 heavy (non-hydrogen) atoms. The van der Waals surface area contributed by atoms with Crippen LogP contribution in [0.15, 0.2) is 0 Å². The van der Waals surface area contributed by atoms with Crippen LogP contribution in [0.2, 0.25) is 0 Å². The third-order valence-electron chi connectivity index (χ3n) is 4.69. The molecule has 0 spiro atoms. The van der Waals surface area contributed by atoms with Crippen LogP contribution in [-0.4, -0.2) is 23.4 Å². The summed E-state index contributed by atoms with van der Waals surface area (Å²) in [6.45, 7) is 5.08. The van der Waals surface area contributed by atoms with E-state index in [4.69, 9.17) is 4.74 Å². The van der Waals surface area contributed by atoms with Gasteiger partial charge >= 0.3 is 0 Å². The normalized spacial score (nSPS) is 44.1. The van der Waals surface area contributed by atoms with Crippen molar-refractivity contribution in [2.24, 2.45) is 11.8 Å². The van der Waals surface area contributed by atoms with Crippen LogP contribution in [-0.2, 0) is 4.74 Å². The number of aliphatic hydroxyl groups is 1. The van der Waals surface area contributed by atoms with E-state index < -0.39 is 0 Å². The second-order valence-electron chi connectivity index (χ2n) is 5.65. The van der Waals surface area contributed by atoms with Gasteiger partial charge in [0.15, 0.2) is 0 Å². The fraction of sp³-hybridized carbons (Fsp3) is 1.00. The molecular formula is C14H26O2. The SMILES string of the molecule is CCOC1CC(O)(C2CCCCC2CC)C1. The smallest absolute Gasteiger partial charge is 0.0727 e. The van der Waals surface area contributed by atoms with Crippen molar-refractivity contribution >= 4 is 0 Å². The summed E-state index contributed by atoms with van der Waals surface area (Å²) in [6, 6.07) is 0. The quantitative estimate of drug-likeness (QED) is 0.798. The van der Waals surface area contributed by atoms with Crippen molar-refractivity contribution in [2.45, 2.75) is 70.5 Å². The molecule has 2 unspecified atom stereocenters. The van der Waals surface area contributed by atoms with Crippen LogP contribution in [0.25, 0.3) is 0 Å². The summed E-state index contributed by atoms with van der Waals surface area (Å²) in [4.78, 5) is 0. The van der Waals surface area contributed by atoms with Gasteiger partial charge in [-0.25, -0.2) is 0 Å². The van der Waals surface area contributed by atoms with E-state index >= 15 is 0 Å². The van der Waals surface area contributed by atoms with Crippen molar-refractivity contribution in [2.75, 3.05) is 6.61 Å². The summed E-state index contributed by atoms with van der Waals surface area (Å²) in [6.07, 6.45) is 8.53. The highest BCUT2D eigenvalue weighted by Gasteiger charge is 2.51. The fourth-order valence-electron chi connectivity index (χ4n) is 3.79. The Bertz CT molecular complexity index is 221. The maximum absolute atomic E-state index is 10.7. The molecule has 94 valence electrons. The molecule has 2 rings (SSSR count). The molecule has 2 aliphatic carbocycles. The predicted octanol–water partition coefficient (Wildman–Crippen LogP) is 3.13. The molecule has 2 nitrogen and oxygen atoms in total. The van der Waals surface area contributed by atoms with Crippen molar-refractivity contribution < 1.29 is 9.84 Å². The van der Waals surface area contributed by atoms with Gasteiger partial charge in [0, 0.05) is 19.4 Å². The Morgan fingerprint density at radius 2 is 1.88 bits per heavy atom. The zero-order valence-electron chi connectivity index (χ0n) is 10.7. The number of ether oxygens (including phenoxy) is 1. The minimum absolute atomic E-state index is 0.328. The summed E-state index contributed by atoms with van der Waals surface area (Å²) in [7, 11) is 0. The fourth-order valence-corrected chi connectivity index (χ4v) is 3.79. The minimum atomic E-state index is -0.388. The van der Waals surface area contributed by atoms with Crippen LogP contribution >= 0.6 is 0 Å². The van der Waals surface area contributed by atoms with E-state index in [-0.39, 0.29) is 5.60 Å². The highest BCUT2D eigenvalue weighted by Crippen LogP contribution is 2.49. The summed E-state index contributed by atoms with van der Waals surface area (Å²) in [5, 5.41) is 10.7. The van der Waals surface area contributed by atoms with Crippen LogP contribution in [0.1, 0.15) is 58.8 Å². The highest BCUT2D eigenvalue weighted by atomic mass is 16.5. The van der Waals surface area contributed by atoms with Crippen LogP contribution in [0.5, 0.6) is 0 Å². The summed E-state index contributed by atoms with van der Waals surface area (Å²) < 4.78 is 5.57. The zero-order chi connectivity index (χ0) is 11.6. The third-order valence-corrected chi connectivity index (χ3v) is 4.69. The molecule has 1 N–H and O–H groups in total. The average Bonchev–Trinajstić information content (AvgIpc) is 2.27. The Hall–Kier alpha value is -0.0800. The average molecular weight is 226 g/mol. The molecular weight excluding hydrogens is 200 g/mol. The second kappa shape index (κ2) is 5.05. The summed E-state index contributed by atoms with van der Waals surface area (Å²) >= 11 is 0. The Labute approximate surface area is 99.4 Å². The van der Waals surface area contributed by atoms with Crippen LogP contribution in [0.4, 0.5) is 0 Å². The van der Waals surface area contributed by atoms with Gasteiger partial charge in [-0.15, -0.1) is 0 Å². The molecule has 0 aromatic carbocycles. The Balaban J connectivity index is 1.91. The van der Waals surface area contributed by atoms with Crippen LogP contribution < -0.4 is 0 Å². The molecule has 0 heterocycles. The number of rotatable bonds is 4. The summed E-state index contributed by atoms with van der Waals surface area (Å²) in [5.41, 5.74) is -0.388. The van der Waals surface area contributed by atoms with E-state index in [1.165, 1.54) is 32.1 Å². The largest absolute Gasteiger partial charge is 0.389 e. The van der Waals surface area contributed by atoms with Crippen molar-refractivity contribution in [3.05, 3.63) is 0 Å². The van der Waals surface area contributed by atoms with E-state index in [0.29, 0.717) is 12.0 Å². The van der Waals surface area contributed by atoms with Gasteiger partial charge in [-0.05, 0) is 25.2 Å². The van der Waals surface area contributed by atoms with Gasteiger partial charge in [-0.2, -0.15) is 0 Å². The van der Waals surface area contributed by atoms with Gasteiger partial charge in [0.25, 0.3) is 0 Å². The van der Waals surface area contributed by atoms with Crippen molar-refractivity contribution in [1.82, 2.24) is 0 Å². The van der Waals surface area contributed by atoms with Gasteiger partial charge in [0.1, 0.15) is 0 Å². The predicted molar refractivity (Wildman–Crippen MR) is 65.3 cm³/mol. The van der Waals surface area contributed by atoms with Crippen molar-refractivity contribution in [3.63, 3.8) is 0 Å². The summed E-state index contributed by atoms with van der Waals surface area (Å²) in [5.74, 6) is 1.30. The van der Waals surface area contributed by atoms with Crippen LogP contribution in [0, 0.1) is 11.8 Å². The van der Waals surface area contributed by atoms with Gasteiger partial charge in [0.2, 0.25) is 0 Å². The molecule has 0 saturated heterocycles. The van der Waals surface area contributed by atoms with Gasteiger partial charge in [-0.1, -0.05) is 32.6 Å². The lowest BCUT2D eigenvalue weighted by Crippen LogP contribution is -2.55. The van der Waals surface area contributed by atoms with Crippen molar-refractivity contribution in [1.29, 1.82) is 0 Å². The van der Waals surface area contributed by atoms with E-state index in [9.17, 15) is 5.11 Å². The van der Waals surface area contributed by atoms with Crippen molar-refractivity contribution in [3.8, 4) is 0 Å². The maximum Gasteiger partial charge on any atom is 0.0727 e. The van der Waals surface area contributed by atoms with Gasteiger partial charge < -0.3 is 9.84 Å². The number of hydrogen-bond acceptors (Lipinski definition) is 2. The van der Waals surface area contributed by atoms with Gasteiger partial charge in [0.05, 0.1) is 11.7 Å². The van der Waals surface area contributed by atoms with Crippen LogP contribution in [0.3, 0.4) is 0 Å². The third kappa shape index (κ3) is 2.28. The molecule has 0 aliphatic heterocycles. The van der Waals surface area contributed by atoms with Gasteiger partial charge in [-0.3, -0.25) is 0 Å². The Morgan fingerprint density at radius 3 is 2.50 bits per heavy atom. The van der Waals surface area contributed by atoms with E-state index in [1.54, 1.807) is 0 Å². The first-order chi connectivity index (χ1) is 7.69. The molecule has 2 atom stereocenters. The standard InChI is InChI=1S/C14H26O2/c1-3-11-7-5-6-8-13(11)14(15)9-12(10-14)16-4-2/h11-13,15H,3-10H2,1-2H3. The van der Waals surface area contributed by atoms with E-state index in [0.717, 1.165) is 25.4 Å². The molecule has 0 aromatic heterocycles. The Kier molecular flexibility index (Phi) is 3.91. The Morgan fingerprint density at radius 1 is 1.19 bits per heavy atom. The molecule has 0 radical (unpaired) electrons. The lowest BCUT2D eigenvalue weighted by Gasteiger charge is -2.52. The molecule has 0 amide bonds. The molecule has 0 aromatic rings.